The number of carbonyl (C=O) groups excluding carboxylic acids is 1. The number of carbonyl (C=O) groups is 1. The molecule has 0 N–H and O–H groups in total. The van der Waals surface area contributed by atoms with Crippen molar-refractivity contribution in [2.24, 2.45) is 0 Å². The van der Waals surface area contributed by atoms with E-state index in [-0.39, 0.29) is 23.8 Å². The largest absolute Gasteiger partial charge is 0.348 e. The van der Waals surface area contributed by atoms with Gasteiger partial charge in [-0.3, -0.25) is 9.59 Å². The maximum atomic E-state index is 12.9. The summed E-state index contributed by atoms with van der Waals surface area (Å²) in [4.78, 5) is 26.4. The Hall–Kier alpha value is -1.73. The van der Waals surface area contributed by atoms with Crippen LogP contribution in [0.1, 0.15) is 43.1 Å². The third kappa shape index (κ3) is 3.45. The van der Waals surface area contributed by atoms with Crippen LogP contribution in [0, 0.1) is 0 Å². The van der Waals surface area contributed by atoms with Gasteiger partial charge in [0.25, 0.3) is 11.5 Å². The highest BCUT2D eigenvalue weighted by molar-refractivity contribution is 5.92. The molecule has 3 heterocycles. The minimum Gasteiger partial charge on any atom is -0.348 e. The van der Waals surface area contributed by atoms with Crippen molar-refractivity contribution < 1.29 is 14.3 Å². The number of ether oxygens (including phenoxy) is 2. The van der Waals surface area contributed by atoms with Crippen molar-refractivity contribution in [1.82, 2.24) is 14.7 Å². The number of aromatic nitrogens is 2. The molecule has 3 rings (SSSR count). The summed E-state index contributed by atoms with van der Waals surface area (Å²) < 4.78 is 12.6. The van der Waals surface area contributed by atoms with E-state index >= 15 is 0 Å². The van der Waals surface area contributed by atoms with Crippen LogP contribution in [0.25, 0.3) is 0 Å². The number of nitrogens with zero attached hydrogens (tertiary/aromatic N) is 3. The number of rotatable bonds is 4. The smallest absolute Gasteiger partial charge is 0.274 e. The number of likely N-dealkylation sites (tertiary alicyclic amines) is 1. The molecular weight excluding hydrogens is 298 g/mol. The Labute approximate surface area is 135 Å². The molecule has 0 aliphatic carbocycles. The quantitative estimate of drug-likeness (QED) is 0.828. The van der Waals surface area contributed by atoms with Crippen LogP contribution in [0.5, 0.6) is 0 Å². The van der Waals surface area contributed by atoms with Crippen LogP contribution in [-0.4, -0.2) is 52.7 Å². The standard InChI is InChI=1S/C16H23N3O4/c1-2-8-19-14(20)7-6-12(17-19)15(21)18-9-4-3-5-13(18)16-22-10-11-23-16/h6-7,13,16H,2-5,8-11H2,1H3. The van der Waals surface area contributed by atoms with Gasteiger partial charge in [0.15, 0.2) is 6.29 Å². The van der Waals surface area contributed by atoms with Crippen molar-refractivity contribution in [3.8, 4) is 0 Å². The lowest BCUT2D eigenvalue weighted by Gasteiger charge is -2.37. The summed E-state index contributed by atoms with van der Waals surface area (Å²) in [6.07, 6.45) is 3.33. The van der Waals surface area contributed by atoms with Crippen LogP contribution in [0.15, 0.2) is 16.9 Å². The Bertz CT molecular complexity index is 610. The van der Waals surface area contributed by atoms with Crippen LogP contribution in [0.4, 0.5) is 0 Å². The molecule has 1 aromatic heterocycles. The molecule has 2 fully saturated rings. The fourth-order valence-electron chi connectivity index (χ4n) is 3.17. The first-order valence-electron chi connectivity index (χ1n) is 8.33. The van der Waals surface area contributed by atoms with Crippen LogP contribution in [0.2, 0.25) is 0 Å². The molecule has 2 saturated heterocycles. The Morgan fingerprint density at radius 2 is 2.09 bits per heavy atom. The van der Waals surface area contributed by atoms with Gasteiger partial charge in [0.1, 0.15) is 5.69 Å². The zero-order valence-corrected chi connectivity index (χ0v) is 13.4. The Morgan fingerprint density at radius 1 is 1.30 bits per heavy atom. The SMILES string of the molecule is CCCn1nc(C(=O)N2CCCCC2C2OCCO2)ccc1=O. The van der Waals surface area contributed by atoms with Crippen molar-refractivity contribution in [2.75, 3.05) is 19.8 Å². The van der Waals surface area contributed by atoms with Crippen molar-refractivity contribution in [1.29, 1.82) is 0 Å². The number of hydrogen-bond acceptors (Lipinski definition) is 5. The van der Waals surface area contributed by atoms with Gasteiger partial charge < -0.3 is 14.4 Å². The van der Waals surface area contributed by atoms with Gasteiger partial charge in [-0.15, -0.1) is 0 Å². The molecule has 126 valence electrons. The summed E-state index contributed by atoms with van der Waals surface area (Å²) in [6, 6.07) is 2.85. The van der Waals surface area contributed by atoms with Gasteiger partial charge in [-0.2, -0.15) is 5.10 Å². The zero-order chi connectivity index (χ0) is 16.2. The molecule has 0 spiro atoms. The number of aryl methyl sites for hydroxylation is 1. The first-order valence-corrected chi connectivity index (χ1v) is 8.33. The van der Waals surface area contributed by atoms with Crippen molar-refractivity contribution in [3.63, 3.8) is 0 Å². The molecule has 7 heteroatoms. The van der Waals surface area contributed by atoms with E-state index in [4.69, 9.17) is 9.47 Å². The van der Waals surface area contributed by atoms with Crippen LogP contribution in [-0.2, 0) is 16.0 Å². The molecule has 1 atom stereocenters. The van der Waals surface area contributed by atoms with Gasteiger partial charge in [-0.1, -0.05) is 6.92 Å². The monoisotopic (exact) mass is 321 g/mol. The molecular formula is C16H23N3O4. The van der Waals surface area contributed by atoms with Gasteiger partial charge in [0.05, 0.1) is 19.3 Å². The topological polar surface area (TPSA) is 73.7 Å². The first-order chi connectivity index (χ1) is 11.2. The molecule has 1 unspecified atom stereocenters. The Kier molecular flexibility index (Phi) is 5.07. The fourth-order valence-corrected chi connectivity index (χ4v) is 3.17. The molecule has 1 aromatic rings. The molecule has 0 saturated carbocycles. The third-order valence-corrected chi connectivity index (χ3v) is 4.29. The molecule has 1 amide bonds. The minimum atomic E-state index is -0.346. The van der Waals surface area contributed by atoms with Crippen LogP contribution in [0.3, 0.4) is 0 Å². The highest BCUT2D eigenvalue weighted by Gasteiger charge is 2.37. The highest BCUT2D eigenvalue weighted by Crippen LogP contribution is 2.25. The predicted molar refractivity (Wildman–Crippen MR) is 83.2 cm³/mol. The number of hydrogen-bond donors (Lipinski definition) is 0. The lowest BCUT2D eigenvalue weighted by Crippen LogP contribution is -2.50. The molecule has 0 radical (unpaired) electrons. The van der Waals surface area contributed by atoms with E-state index in [0.29, 0.717) is 32.0 Å². The fraction of sp³-hybridized carbons (Fsp3) is 0.688. The van der Waals surface area contributed by atoms with Gasteiger partial charge in [0.2, 0.25) is 0 Å². The first kappa shape index (κ1) is 16.1. The normalized spacial score (nSPS) is 22.5. The van der Waals surface area contributed by atoms with Crippen molar-refractivity contribution in [3.05, 3.63) is 28.2 Å². The average molecular weight is 321 g/mol. The number of amides is 1. The van der Waals surface area contributed by atoms with E-state index in [1.54, 1.807) is 4.90 Å². The maximum Gasteiger partial charge on any atom is 0.274 e. The van der Waals surface area contributed by atoms with Gasteiger partial charge >= 0.3 is 0 Å². The van der Waals surface area contributed by atoms with E-state index in [1.165, 1.54) is 16.8 Å². The van der Waals surface area contributed by atoms with Gasteiger partial charge in [-0.25, -0.2) is 4.68 Å². The predicted octanol–water partition coefficient (Wildman–Crippen LogP) is 1.02. The summed E-state index contributed by atoms with van der Waals surface area (Å²) in [5.41, 5.74) is 0.129. The van der Waals surface area contributed by atoms with Crippen molar-refractivity contribution in [2.45, 2.75) is 51.5 Å². The second-order valence-electron chi connectivity index (χ2n) is 5.95. The summed E-state index contributed by atoms with van der Waals surface area (Å²) in [6.45, 7) is 4.29. The molecule has 0 bridgehead atoms. The molecule has 2 aliphatic heterocycles. The van der Waals surface area contributed by atoms with Gasteiger partial charge in [0, 0.05) is 19.2 Å². The van der Waals surface area contributed by atoms with E-state index in [0.717, 1.165) is 25.7 Å². The van der Waals surface area contributed by atoms with E-state index in [9.17, 15) is 9.59 Å². The Balaban J connectivity index is 1.82. The van der Waals surface area contributed by atoms with Crippen LogP contribution >= 0.6 is 0 Å². The summed E-state index contributed by atoms with van der Waals surface area (Å²) >= 11 is 0. The Morgan fingerprint density at radius 3 is 2.83 bits per heavy atom. The summed E-state index contributed by atoms with van der Waals surface area (Å²) in [5, 5.41) is 4.23. The molecule has 2 aliphatic rings. The molecule has 0 aromatic carbocycles. The lowest BCUT2D eigenvalue weighted by atomic mass is 10.0. The zero-order valence-electron chi connectivity index (χ0n) is 13.4. The average Bonchev–Trinajstić information content (AvgIpc) is 3.11. The summed E-state index contributed by atoms with van der Waals surface area (Å²) in [5.74, 6) is -0.154. The highest BCUT2D eigenvalue weighted by atomic mass is 16.7. The van der Waals surface area contributed by atoms with E-state index in [1.807, 2.05) is 6.92 Å². The summed E-state index contributed by atoms with van der Waals surface area (Å²) in [7, 11) is 0. The van der Waals surface area contributed by atoms with Crippen LogP contribution < -0.4 is 5.56 Å². The lowest BCUT2D eigenvalue weighted by molar-refractivity contribution is -0.100. The molecule has 7 nitrogen and oxygen atoms in total. The van der Waals surface area contributed by atoms with Crippen molar-refractivity contribution >= 4 is 5.91 Å². The van der Waals surface area contributed by atoms with Gasteiger partial charge in [-0.05, 0) is 31.7 Å². The maximum absolute atomic E-state index is 12.9. The minimum absolute atomic E-state index is 0.0768. The second kappa shape index (κ2) is 7.23. The number of piperidine rings is 1. The van der Waals surface area contributed by atoms with E-state index in [2.05, 4.69) is 5.10 Å². The second-order valence-corrected chi connectivity index (χ2v) is 5.95. The third-order valence-electron chi connectivity index (χ3n) is 4.29. The van der Waals surface area contributed by atoms with E-state index < -0.39 is 0 Å². The molecule has 23 heavy (non-hydrogen) atoms.